The Bertz CT molecular complexity index is 522. The Morgan fingerprint density at radius 3 is 2.29 bits per heavy atom. The summed E-state index contributed by atoms with van der Waals surface area (Å²) in [4.78, 5) is 11.6. The van der Waals surface area contributed by atoms with Crippen LogP contribution in [-0.4, -0.2) is 17.9 Å². The highest BCUT2D eigenvalue weighted by molar-refractivity contribution is 5.68. The number of nitrogen functional groups attached to an aromatic ring is 1. The summed E-state index contributed by atoms with van der Waals surface area (Å²) >= 11 is 0. The molecule has 1 amide bonds. The van der Waals surface area contributed by atoms with Crippen LogP contribution in [0.1, 0.15) is 37.9 Å². The highest BCUT2D eigenvalue weighted by Gasteiger charge is 2.42. The second-order valence-corrected chi connectivity index (χ2v) is 5.74. The SMILES string of the molecule is Cc1cc([C@@H](NC(=O)OC(C)(C)C)C(F)(F)F)ccc1N. The Kier molecular flexibility index (Phi) is 4.76. The first kappa shape index (κ1) is 17.1. The van der Waals surface area contributed by atoms with E-state index in [-0.39, 0.29) is 5.56 Å². The van der Waals surface area contributed by atoms with Crippen molar-refractivity contribution in [2.75, 3.05) is 5.73 Å². The Morgan fingerprint density at radius 1 is 1.29 bits per heavy atom. The number of amides is 1. The van der Waals surface area contributed by atoms with Gasteiger partial charge in [-0.15, -0.1) is 0 Å². The Labute approximate surface area is 121 Å². The maximum absolute atomic E-state index is 13.1. The van der Waals surface area contributed by atoms with Crippen molar-refractivity contribution in [3.05, 3.63) is 29.3 Å². The van der Waals surface area contributed by atoms with Crippen LogP contribution in [0.3, 0.4) is 0 Å². The largest absolute Gasteiger partial charge is 0.444 e. The van der Waals surface area contributed by atoms with Gasteiger partial charge in [0.2, 0.25) is 0 Å². The normalized spacial score (nSPS) is 13.7. The fourth-order valence-corrected chi connectivity index (χ4v) is 1.66. The Hall–Kier alpha value is -1.92. The molecular weight excluding hydrogens is 285 g/mol. The van der Waals surface area contributed by atoms with Gasteiger partial charge in [-0.05, 0) is 44.9 Å². The molecule has 3 N–H and O–H groups in total. The third-order valence-electron chi connectivity index (χ3n) is 2.62. The van der Waals surface area contributed by atoms with Gasteiger partial charge in [-0.1, -0.05) is 12.1 Å². The zero-order valence-corrected chi connectivity index (χ0v) is 12.3. The minimum absolute atomic E-state index is 0.0972. The fraction of sp³-hybridized carbons (Fsp3) is 0.500. The number of rotatable bonds is 2. The van der Waals surface area contributed by atoms with Gasteiger partial charge >= 0.3 is 12.3 Å². The number of halogens is 3. The molecule has 1 aromatic rings. The molecule has 1 atom stereocenters. The summed E-state index contributed by atoms with van der Waals surface area (Å²) in [7, 11) is 0. The molecule has 21 heavy (non-hydrogen) atoms. The minimum atomic E-state index is -4.64. The van der Waals surface area contributed by atoms with E-state index in [1.54, 1.807) is 27.7 Å². The van der Waals surface area contributed by atoms with E-state index in [1.165, 1.54) is 18.2 Å². The predicted octanol–water partition coefficient (Wildman–Crippen LogP) is 3.71. The van der Waals surface area contributed by atoms with Gasteiger partial charge in [-0.2, -0.15) is 13.2 Å². The second kappa shape index (κ2) is 5.83. The molecular formula is C14H19F3N2O2. The van der Waals surface area contributed by atoms with Crippen LogP contribution >= 0.6 is 0 Å². The van der Waals surface area contributed by atoms with E-state index in [2.05, 4.69) is 0 Å². The van der Waals surface area contributed by atoms with Crippen molar-refractivity contribution in [1.82, 2.24) is 5.32 Å². The lowest BCUT2D eigenvalue weighted by Gasteiger charge is -2.25. The molecule has 0 saturated carbocycles. The summed E-state index contributed by atoms with van der Waals surface area (Å²) < 4.78 is 44.3. The molecule has 0 fully saturated rings. The minimum Gasteiger partial charge on any atom is -0.444 e. The van der Waals surface area contributed by atoms with Crippen molar-refractivity contribution in [3.8, 4) is 0 Å². The lowest BCUT2D eigenvalue weighted by atomic mass is 10.0. The van der Waals surface area contributed by atoms with Crippen LogP contribution in [0.2, 0.25) is 0 Å². The number of benzene rings is 1. The van der Waals surface area contributed by atoms with Crippen molar-refractivity contribution in [1.29, 1.82) is 0 Å². The van der Waals surface area contributed by atoms with Gasteiger partial charge in [0.25, 0.3) is 0 Å². The summed E-state index contributed by atoms with van der Waals surface area (Å²) in [6.07, 6.45) is -5.77. The van der Waals surface area contributed by atoms with Gasteiger partial charge in [-0.3, -0.25) is 0 Å². The molecule has 118 valence electrons. The summed E-state index contributed by atoms with van der Waals surface area (Å²) in [6, 6.07) is 1.76. The van der Waals surface area contributed by atoms with Crippen LogP contribution in [-0.2, 0) is 4.74 Å². The van der Waals surface area contributed by atoms with E-state index in [1.807, 2.05) is 5.32 Å². The number of carbonyl (C=O) groups excluding carboxylic acids is 1. The van der Waals surface area contributed by atoms with Crippen molar-refractivity contribution < 1.29 is 22.7 Å². The number of hydrogen-bond donors (Lipinski definition) is 2. The van der Waals surface area contributed by atoms with Crippen LogP contribution in [0.4, 0.5) is 23.7 Å². The van der Waals surface area contributed by atoms with E-state index in [9.17, 15) is 18.0 Å². The number of hydrogen-bond acceptors (Lipinski definition) is 3. The molecule has 4 nitrogen and oxygen atoms in total. The Balaban J connectivity index is 3.02. The number of anilines is 1. The summed E-state index contributed by atoms with van der Waals surface area (Å²) in [5, 5.41) is 1.85. The van der Waals surface area contributed by atoms with E-state index in [4.69, 9.17) is 10.5 Å². The van der Waals surface area contributed by atoms with Crippen LogP contribution in [0.5, 0.6) is 0 Å². The van der Waals surface area contributed by atoms with E-state index in [0.29, 0.717) is 11.3 Å². The zero-order valence-electron chi connectivity index (χ0n) is 12.3. The van der Waals surface area contributed by atoms with Crippen molar-refractivity contribution in [2.24, 2.45) is 0 Å². The molecule has 1 rings (SSSR count). The van der Waals surface area contributed by atoms with Crippen molar-refractivity contribution in [3.63, 3.8) is 0 Å². The molecule has 0 aliphatic heterocycles. The highest BCUT2D eigenvalue weighted by atomic mass is 19.4. The molecule has 7 heteroatoms. The quantitative estimate of drug-likeness (QED) is 0.819. The number of nitrogens with one attached hydrogen (secondary N) is 1. The molecule has 0 aliphatic rings. The maximum Gasteiger partial charge on any atom is 0.412 e. The first-order valence-corrected chi connectivity index (χ1v) is 6.32. The first-order valence-electron chi connectivity index (χ1n) is 6.32. The number of carbonyl (C=O) groups is 1. The lowest BCUT2D eigenvalue weighted by Crippen LogP contribution is -2.41. The number of nitrogens with two attached hydrogens (primary N) is 1. The zero-order chi connectivity index (χ0) is 16.4. The molecule has 0 radical (unpaired) electrons. The summed E-state index contributed by atoms with van der Waals surface area (Å²) in [6.45, 7) is 6.31. The van der Waals surface area contributed by atoms with E-state index < -0.39 is 23.9 Å². The van der Waals surface area contributed by atoms with Crippen LogP contribution < -0.4 is 11.1 Å². The number of aryl methyl sites for hydroxylation is 1. The standard InChI is InChI=1S/C14H19F3N2O2/c1-8-7-9(5-6-10(8)18)11(14(15,16)17)19-12(20)21-13(2,3)4/h5-7,11H,18H2,1-4H3,(H,19,20)/t11-/m1/s1. The third kappa shape index (κ3) is 5.17. The highest BCUT2D eigenvalue weighted by Crippen LogP contribution is 2.34. The van der Waals surface area contributed by atoms with Gasteiger partial charge in [-0.25, -0.2) is 4.79 Å². The number of ether oxygens (including phenoxy) is 1. The van der Waals surface area contributed by atoms with Crippen LogP contribution in [0, 0.1) is 6.92 Å². The topological polar surface area (TPSA) is 64.3 Å². The molecule has 1 aromatic carbocycles. The molecule has 0 heterocycles. The van der Waals surface area contributed by atoms with Gasteiger partial charge in [0.15, 0.2) is 6.04 Å². The molecule has 0 bridgehead atoms. The second-order valence-electron chi connectivity index (χ2n) is 5.74. The van der Waals surface area contributed by atoms with Gasteiger partial charge in [0.05, 0.1) is 0 Å². The smallest absolute Gasteiger partial charge is 0.412 e. The maximum atomic E-state index is 13.1. The fourth-order valence-electron chi connectivity index (χ4n) is 1.66. The average molecular weight is 304 g/mol. The molecule has 0 aliphatic carbocycles. The van der Waals surface area contributed by atoms with Crippen LogP contribution in [0.15, 0.2) is 18.2 Å². The molecule has 0 spiro atoms. The number of alkyl carbamates (subject to hydrolysis) is 1. The average Bonchev–Trinajstić information content (AvgIpc) is 2.26. The van der Waals surface area contributed by atoms with Crippen molar-refractivity contribution >= 4 is 11.8 Å². The first-order chi connectivity index (χ1) is 9.40. The predicted molar refractivity (Wildman–Crippen MR) is 73.8 cm³/mol. The monoisotopic (exact) mass is 304 g/mol. The van der Waals surface area contributed by atoms with Gasteiger partial charge < -0.3 is 15.8 Å². The third-order valence-corrected chi connectivity index (χ3v) is 2.62. The molecule has 0 aromatic heterocycles. The number of alkyl halides is 3. The molecule has 0 unspecified atom stereocenters. The lowest BCUT2D eigenvalue weighted by molar-refractivity contribution is -0.156. The van der Waals surface area contributed by atoms with Crippen LogP contribution in [0.25, 0.3) is 0 Å². The van der Waals surface area contributed by atoms with E-state index in [0.717, 1.165) is 0 Å². The van der Waals surface area contributed by atoms with Gasteiger partial charge in [0.1, 0.15) is 5.60 Å². The Morgan fingerprint density at radius 2 is 1.86 bits per heavy atom. The van der Waals surface area contributed by atoms with Crippen molar-refractivity contribution in [2.45, 2.75) is 45.5 Å². The van der Waals surface area contributed by atoms with Gasteiger partial charge in [0, 0.05) is 5.69 Å². The van der Waals surface area contributed by atoms with E-state index >= 15 is 0 Å². The summed E-state index contributed by atoms with van der Waals surface area (Å²) in [5.74, 6) is 0. The molecule has 0 saturated heterocycles. The summed E-state index contributed by atoms with van der Waals surface area (Å²) in [5.41, 5.74) is 5.51.